The summed E-state index contributed by atoms with van der Waals surface area (Å²) in [6.07, 6.45) is 2.07. The van der Waals surface area contributed by atoms with Crippen LogP contribution in [-0.4, -0.2) is 20.5 Å². The number of hydrogen-bond donors (Lipinski definition) is 2. The van der Waals surface area contributed by atoms with Crippen LogP contribution in [0.25, 0.3) is 0 Å². The number of carbonyl (C=O) groups excluding carboxylic acids is 1. The molecule has 8 heteroatoms. The maximum absolute atomic E-state index is 13.6. The Labute approximate surface area is 139 Å². The highest BCUT2D eigenvalue weighted by atomic mass is 79.9. The van der Waals surface area contributed by atoms with Crippen molar-refractivity contribution in [2.75, 3.05) is 11.1 Å². The van der Waals surface area contributed by atoms with Crippen molar-refractivity contribution in [3.8, 4) is 0 Å². The molecule has 2 aromatic rings. The molecular weight excluding hydrogens is 365 g/mol. The van der Waals surface area contributed by atoms with Gasteiger partial charge < -0.3 is 11.1 Å². The minimum absolute atomic E-state index is 0.0731. The lowest BCUT2D eigenvalue weighted by molar-refractivity contribution is -0.116. The van der Waals surface area contributed by atoms with Crippen LogP contribution in [0.5, 0.6) is 0 Å². The van der Waals surface area contributed by atoms with Crippen LogP contribution in [0.1, 0.15) is 30.9 Å². The molecule has 0 radical (unpaired) electrons. The normalized spacial score (nSPS) is 20.1. The molecule has 1 unspecified atom stereocenters. The third-order valence-electron chi connectivity index (χ3n) is 4.14. The van der Waals surface area contributed by atoms with E-state index in [1.807, 2.05) is 0 Å². The minimum atomic E-state index is -0.448. The fraction of sp³-hybridized carbons (Fsp3) is 0.267. The van der Waals surface area contributed by atoms with Gasteiger partial charge in [-0.25, -0.2) is 9.07 Å². The number of carbonyl (C=O) groups is 1. The molecule has 118 valence electrons. The van der Waals surface area contributed by atoms with Crippen LogP contribution >= 0.6 is 15.9 Å². The first-order valence-corrected chi connectivity index (χ1v) is 8.04. The van der Waals surface area contributed by atoms with Crippen molar-refractivity contribution in [1.29, 1.82) is 0 Å². The van der Waals surface area contributed by atoms with Gasteiger partial charge in [-0.2, -0.15) is 4.98 Å². The van der Waals surface area contributed by atoms with Gasteiger partial charge in [-0.15, -0.1) is 5.10 Å². The van der Waals surface area contributed by atoms with Crippen LogP contribution in [0.15, 0.2) is 33.9 Å². The summed E-state index contributed by atoms with van der Waals surface area (Å²) in [5.74, 6) is 0.349. The second kappa shape index (κ2) is 5.16. The third kappa shape index (κ3) is 2.24. The van der Waals surface area contributed by atoms with E-state index in [1.165, 1.54) is 6.07 Å². The first-order valence-electron chi connectivity index (χ1n) is 7.25. The molecule has 2 heterocycles. The Kier molecular flexibility index (Phi) is 3.22. The molecule has 1 aliphatic heterocycles. The minimum Gasteiger partial charge on any atom is -0.366 e. The van der Waals surface area contributed by atoms with Gasteiger partial charge in [-0.05, 0) is 46.5 Å². The highest BCUT2D eigenvalue weighted by molar-refractivity contribution is 9.10. The van der Waals surface area contributed by atoms with Gasteiger partial charge in [0.25, 0.3) is 0 Å². The Hall–Kier alpha value is -2.22. The van der Waals surface area contributed by atoms with Gasteiger partial charge in [0.05, 0.1) is 4.47 Å². The lowest BCUT2D eigenvalue weighted by Gasteiger charge is -2.32. The second-order valence-electron chi connectivity index (χ2n) is 5.61. The molecule has 0 fully saturated rings. The van der Waals surface area contributed by atoms with Gasteiger partial charge in [0, 0.05) is 17.7 Å². The number of nitrogens with one attached hydrogen (secondary N) is 1. The van der Waals surface area contributed by atoms with Gasteiger partial charge in [0.15, 0.2) is 5.78 Å². The molecule has 23 heavy (non-hydrogen) atoms. The van der Waals surface area contributed by atoms with Crippen LogP contribution in [0, 0.1) is 5.82 Å². The van der Waals surface area contributed by atoms with Gasteiger partial charge in [-0.3, -0.25) is 4.79 Å². The second-order valence-corrected chi connectivity index (χ2v) is 6.46. The van der Waals surface area contributed by atoms with E-state index in [1.54, 1.807) is 16.8 Å². The van der Waals surface area contributed by atoms with Crippen molar-refractivity contribution in [2.45, 2.75) is 25.3 Å². The molecular formula is C15H13BrFN5O. The summed E-state index contributed by atoms with van der Waals surface area (Å²) in [5.41, 5.74) is 7.99. The molecule has 3 N–H and O–H groups in total. The number of halogens is 2. The fourth-order valence-corrected chi connectivity index (χ4v) is 3.56. The molecule has 1 aromatic carbocycles. The number of hydrogen-bond acceptors (Lipinski definition) is 5. The van der Waals surface area contributed by atoms with Crippen molar-refractivity contribution in [1.82, 2.24) is 14.8 Å². The Morgan fingerprint density at radius 3 is 3.00 bits per heavy atom. The number of nitrogen functional groups attached to an aromatic ring is 1. The van der Waals surface area contributed by atoms with Crippen molar-refractivity contribution in [3.05, 3.63) is 45.3 Å². The number of benzene rings is 1. The monoisotopic (exact) mass is 377 g/mol. The number of anilines is 2. The van der Waals surface area contributed by atoms with E-state index in [2.05, 4.69) is 31.3 Å². The Morgan fingerprint density at radius 1 is 1.39 bits per heavy atom. The highest BCUT2D eigenvalue weighted by Crippen LogP contribution is 2.40. The van der Waals surface area contributed by atoms with E-state index in [-0.39, 0.29) is 17.5 Å². The van der Waals surface area contributed by atoms with E-state index >= 15 is 0 Å². The maximum atomic E-state index is 13.6. The smallest absolute Gasteiger partial charge is 0.241 e. The summed E-state index contributed by atoms with van der Waals surface area (Å²) in [7, 11) is 0. The van der Waals surface area contributed by atoms with Crippen LogP contribution in [0.3, 0.4) is 0 Å². The number of allylic oxidation sites excluding steroid dienone is 2. The summed E-state index contributed by atoms with van der Waals surface area (Å²) in [5, 5.41) is 7.37. The molecule has 2 aliphatic rings. The zero-order valence-corrected chi connectivity index (χ0v) is 13.6. The zero-order chi connectivity index (χ0) is 16.1. The van der Waals surface area contributed by atoms with Crippen LogP contribution < -0.4 is 11.1 Å². The molecule has 0 bridgehead atoms. The highest BCUT2D eigenvalue weighted by Gasteiger charge is 2.36. The molecule has 0 saturated carbocycles. The molecule has 0 saturated heterocycles. The van der Waals surface area contributed by atoms with Crippen molar-refractivity contribution in [3.63, 3.8) is 0 Å². The van der Waals surface area contributed by atoms with Gasteiger partial charge in [-0.1, -0.05) is 6.07 Å². The lowest BCUT2D eigenvalue weighted by atomic mass is 9.85. The summed E-state index contributed by atoms with van der Waals surface area (Å²) in [6, 6.07) is 4.24. The van der Waals surface area contributed by atoms with E-state index < -0.39 is 6.04 Å². The van der Waals surface area contributed by atoms with E-state index in [0.29, 0.717) is 22.4 Å². The lowest BCUT2D eigenvalue weighted by Crippen LogP contribution is -2.31. The Morgan fingerprint density at radius 2 is 2.22 bits per heavy atom. The Bertz CT molecular complexity index is 860. The van der Waals surface area contributed by atoms with Crippen molar-refractivity contribution in [2.24, 2.45) is 0 Å². The van der Waals surface area contributed by atoms with E-state index in [0.717, 1.165) is 24.1 Å². The van der Waals surface area contributed by atoms with E-state index in [9.17, 15) is 9.18 Å². The van der Waals surface area contributed by atoms with Crippen molar-refractivity contribution >= 4 is 33.6 Å². The number of nitrogens with zero attached hydrogens (tertiary/aromatic N) is 3. The number of nitrogens with two attached hydrogens (primary N) is 1. The molecule has 1 atom stereocenters. The largest absolute Gasteiger partial charge is 0.366 e. The molecule has 0 amide bonds. The van der Waals surface area contributed by atoms with Gasteiger partial charge >= 0.3 is 0 Å². The molecule has 0 spiro atoms. The number of rotatable bonds is 1. The quantitative estimate of drug-likeness (QED) is 0.797. The van der Waals surface area contributed by atoms with Crippen LogP contribution in [0.4, 0.5) is 16.3 Å². The van der Waals surface area contributed by atoms with E-state index in [4.69, 9.17) is 5.73 Å². The van der Waals surface area contributed by atoms with Gasteiger partial charge in [0.2, 0.25) is 11.9 Å². The zero-order valence-electron chi connectivity index (χ0n) is 12.0. The van der Waals surface area contributed by atoms with Crippen LogP contribution in [-0.2, 0) is 4.79 Å². The van der Waals surface area contributed by atoms with Crippen molar-refractivity contribution < 1.29 is 9.18 Å². The summed E-state index contributed by atoms with van der Waals surface area (Å²) < 4.78 is 15.5. The molecule has 1 aromatic heterocycles. The maximum Gasteiger partial charge on any atom is 0.241 e. The third-order valence-corrected chi connectivity index (χ3v) is 4.75. The standard InChI is InChI=1S/C15H13BrFN5O/c16-8-6-7(4-5-9(8)17)13-12-10(2-1-3-11(12)23)19-15-20-14(18)21-22(13)15/h4-6,13H,1-3H2,(H3,18,19,20,21). The fourth-order valence-electron chi connectivity index (χ4n) is 3.16. The average Bonchev–Trinajstić information content (AvgIpc) is 2.88. The Balaban J connectivity index is 1.94. The molecule has 6 nitrogen and oxygen atoms in total. The number of aromatic nitrogens is 3. The average molecular weight is 378 g/mol. The van der Waals surface area contributed by atoms with Crippen LogP contribution in [0.2, 0.25) is 0 Å². The first kappa shape index (κ1) is 14.4. The summed E-state index contributed by atoms with van der Waals surface area (Å²) >= 11 is 3.20. The number of Topliss-reactive ketones (excluding diaryl/α,β-unsaturated/α-hetero) is 1. The predicted molar refractivity (Wildman–Crippen MR) is 86.2 cm³/mol. The number of ketones is 1. The summed E-state index contributed by atoms with van der Waals surface area (Å²) in [4.78, 5) is 16.7. The number of fused-ring (bicyclic) bond motifs is 1. The molecule has 4 rings (SSSR count). The van der Waals surface area contributed by atoms with Gasteiger partial charge in [0.1, 0.15) is 11.9 Å². The first-order chi connectivity index (χ1) is 11.0. The predicted octanol–water partition coefficient (Wildman–Crippen LogP) is 2.78. The summed E-state index contributed by atoms with van der Waals surface area (Å²) in [6.45, 7) is 0. The molecule has 1 aliphatic carbocycles. The SMILES string of the molecule is Nc1nc2n(n1)C(c1ccc(F)c(Br)c1)C1=C(CCCC1=O)N2. The topological polar surface area (TPSA) is 85.8 Å².